The summed E-state index contributed by atoms with van der Waals surface area (Å²) in [6.07, 6.45) is 1.07. The summed E-state index contributed by atoms with van der Waals surface area (Å²) >= 11 is 0. The molecule has 0 spiro atoms. The number of methoxy groups -OCH3 is 1. The van der Waals surface area contributed by atoms with Gasteiger partial charge in [0.2, 0.25) is 0 Å². The van der Waals surface area contributed by atoms with Crippen LogP contribution in [0.25, 0.3) is 21.9 Å². The SMILES string of the molecule is COc1ccc2cc(-c3ccccc3)cc([C@@H]3C[C@H]3N)c2c1. The number of hydrogen-bond acceptors (Lipinski definition) is 2. The van der Waals surface area contributed by atoms with Crippen molar-refractivity contribution >= 4 is 10.8 Å². The largest absolute Gasteiger partial charge is 0.497 e. The molecule has 1 aliphatic rings. The normalized spacial score (nSPS) is 20.1. The van der Waals surface area contributed by atoms with E-state index < -0.39 is 0 Å². The standard InChI is InChI=1S/C20H19NO/c1-22-16-8-7-14-9-15(13-5-3-2-4-6-13)10-18(17(14)11-16)19-12-20(19)21/h2-11,19-20H,12,21H2,1H3/t19-,20+/m0/s1. The van der Waals surface area contributed by atoms with Gasteiger partial charge in [-0.25, -0.2) is 0 Å². The number of hydrogen-bond donors (Lipinski definition) is 1. The average molecular weight is 289 g/mol. The fraction of sp³-hybridized carbons (Fsp3) is 0.200. The van der Waals surface area contributed by atoms with E-state index in [9.17, 15) is 0 Å². The Balaban J connectivity index is 1.94. The van der Waals surface area contributed by atoms with Crippen LogP contribution in [0.5, 0.6) is 5.75 Å². The molecule has 110 valence electrons. The lowest BCUT2D eigenvalue weighted by molar-refractivity contribution is 0.415. The number of fused-ring (bicyclic) bond motifs is 1. The molecule has 3 aromatic carbocycles. The number of nitrogens with two attached hydrogens (primary N) is 1. The molecule has 1 fully saturated rings. The summed E-state index contributed by atoms with van der Waals surface area (Å²) in [7, 11) is 1.71. The van der Waals surface area contributed by atoms with Crippen molar-refractivity contribution in [1.82, 2.24) is 0 Å². The van der Waals surface area contributed by atoms with E-state index in [-0.39, 0.29) is 0 Å². The molecular formula is C20H19NO. The molecule has 0 aromatic heterocycles. The second kappa shape index (κ2) is 5.15. The molecule has 0 unspecified atom stereocenters. The van der Waals surface area contributed by atoms with Crippen LogP contribution in [-0.2, 0) is 0 Å². The monoisotopic (exact) mass is 289 g/mol. The van der Waals surface area contributed by atoms with Crippen LogP contribution >= 0.6 is 0 Å². The lowest BCUT2D eigenvalue weighted by Crippen LogP contribution is -2.01. The highest BCUT2D eigenvalue weighted by molar-refractivity contribution is 5.92. The maximum Gasteiger partial charge on any atom is 0.119 e. The minimum atomic E-state index is 0.292. The Labute approximate surface area is 130 Å². The van der Waals surface area contributed by atoms with Crippen molar-refractivity contribution in [2.45, 2.75) is 18.4 Å². The van der Waals surface area contributed by atoms with Crippen molar-refractivity contribution in [2.75, 3.05) is 7.11 Å². The second-order valence-electron chi connectivity index (χ2n) is 6.02. The predicted molar refractivity (Wildman–Crippen MR) is 91.3 cm³/mol. The molecular weight excluding hydrogens is 270 g/mol. The summed E-state index contributed by atoms with van der Waals surface area (Å²) in [5.74, 6) is 1.37. The Hall–Kier alpha value is -2.32. The van der Waals surface area contributed by atoms with Crippen molar-refractivity contribution in [3.8, 4) is 16.9 Å². The van der Waals surface area contributed by atoms with Crippen molar-refractivity contribution in [1.29, 1.82) is 0 Å². The molecule has 0 bridgehead atoms. The summed E-state index contributed by atoms with van der Waals surface area (Å²) in [6.45, 7) is 0. The van der Waals surface area contributed by atoms with E-state index >= 15 is 0 Å². The number of benzene rings is 3. The fourth-order valence-electron chi connectivity index (χ4n) is 3.17. The van der Waals surface area contributed by atoms with Gasteiger partial charge in [-0.3, -0.25) is 0 Å². The first kappa shape index (κ1) is 13.4. The molecule has 0 heterocycles. The predicted octanol–water partition coefficient (Wildman–Crippen LogP) is 4.33. The lowest BCUT2D eigenvalue weighted by atomic mass is 9.94. The van der Waals surface area contributed by atoms with Crippen molar-refractivity contribution in [3.05, 3.63) is 66.2 Å². The third-order valence-corrected chi connectivity index (χ3v) is 4.54. The second-order valence-corrected chi connectivity index (χ2v) is 6.02. The molecule has 1 saturated carbocycles. The van der Waals surface area contributed by atoms with E-state index in [1.165, 1.54) is 27.5 Å². The van der Waals surface area contributed by atoms with Gasteiger partial charge in [0.1, 0.15) is 5.75 Å². The van der Waals surface area contributed by atoms with Crippen molar-refractivity contribution < 1.29 is 4.74 Å². The molecule has 1 aliphatic carbocycles. The minimum absolute atomic E-state index is 0.292. The quantitative estimate of drug-likeness (QED) is 0.779. The topological polar surface area (TPSA) is 35.2 Å². The highest BCUT2D eigenvalue weighted by Crippen LogP contribution is 2.44. The molecule has 22 heavy (non-hydrogen) atoms. The van der Waals surface area contributed by atoms with Gasteiger partial charge in [-0.2, -0.15) is 0 Å². The molecule has 0 amide bonds. The first-order valence-corrected chi connectivity index (χ1v) is 7.69. The average Bonchev–Trinajstić information content (AvgIpc) is 3.30. The van der Waals surface area contributed by atoms with Gasteiger partial charge in [-0.1, -0.05) is 42.5 Å². The van der Waals surface area contributed by atoms with Crippen molar-refractivity contribution in [3.63, 3.8) is 0 Å². The zero-order valence-electron chi connectivity index (χ0n) is 12.6. The van der Waals surface area contributed by atoms with Crippen LogP contribution in [0.1, 0.15) is 17.9 Å². The zero-order valence-corrected chi connectivity index (χ0v) is 12.6. The third-order valence-electron chi connectivity index (χ3n) is 4.54. The van der Waals surface area contributed by atoms with Crippen LogP contribution in [-0.4, -0.2) is 13.2 Å². The van der Waals surface area contributed by atoms with E-state index in [4.69, 9.17) is 10.5 Å². The van der Waals surface area contributed by atoms with Crippen LogP contribution in [0, 0.1) is 0 Å². The molecule has 0 radical (unpaired) electrons. The van der Waals surface area contributed by atoms with Gasteiger partial charge in [0.15, 0.2) is 0 Å². The Bertz CT molecular complexity index is 826. The summed E-state index contributed by atoms with van der Waals surface area (Å²) in [4.78, 5) is 0. The molecule has 2 atom stereocenters. The smallest absolute Gasteiger partial charge is 0.119 e. The van der Waals surface area contributed by atoms with Gasteiger partial charge >= 0.3 is 0 Å². The highest BCUT2D eigenvalue weighted by atomic mass is 16.5. The van der Waals surface area contributed by atoms with Gasteiger partial charge in [-0.05, 0) is 52.1 Å². The van der Waals surface area contributed by atoms with Gasteiger partial charge < -0.3 is 10.5 Å². The maximum atomic E-state index is 6.12. The first-order valence-electron chi connectivity index (χ1n) is 7.69. The molecule has 2 nitrogen and oxygen atoms in total. The van der Waals surface area contributed by atoms with Gasteiger partial charge in [-0.15, -0.1) is 0 Å². The van der Waals surface area contributed by atoms with Gasteiger partial charge in [0, 0.05) is 12.0 Å². The van der Waals surface area contributed by atoms with Crippen LogP contribution in [0.2, 0.25) is 0 Å². The van der Waals surface area contributed by atoms with Crippen LogP contribution in [0.15, 0.2) is 60.7 Å². The van der Waals surface area contributed by atoms with E-state index in [1.54, 1.807) is 7.11 Å². The van der Waals surface area contributed by atoms with Crippen molar-refractivity contribution in [2.24, 2.45) is 5.73 Å². The first-order chi connectivity index (χ1) is 10.8. The molecule has 4 rings (SSSR count). The minimum Gasteiger partial charge on any atom is -0.497 e. The number of rotatable bonds is 3. The summed E-state index contributed by atoms with van der Waals surface area (Å²) in [6, 6.07) is 21.6. The Morgan fingerprint density at radius 2 is 1.73 bits per heavy atom. The van der Waals surface area contributed by atoms with E-state index in [0.717, 1.165) is 12.2 Å². The third kappa shape index (κ3) is 2.26. The summed E-state index contributed by atoms with van der Waals surface area (Å²) < 4.78 is 5.39. The Morgan fingerprint density at radius 1 is 0.955 bits per heavy atom. The number of ether oxygens (including phenoxy) is 1. The fourth-order valence-corrected chi connectivity index (χ4v) is 3.17. The lowest BCUT2D eigenvalue weighted by Gasteiger charge is -2.12. The van der Waals surface area contributed by atoms with Gasteiger partial charge in [0.05, 0.1) is 7.11 Å². The Kier molecular flexibility index (Phi) is 3.12. The molecule has 2 N–H and O–H groups in total. The molecule has 3 aromatic rings. The van der Waals surface area contributed by atoms with Crippen LogP contribution in [0.3, 0.4) is 0 Å². The molecule has 0 saturated heterocycles. The van der Waals surface area contributed by atoms with E-state index in [0.29, 0.717) is 12.0 Å². The van der Waals surface area contributed by atoms with E-state index in [1.807, 2.05) is 12.1 Å². The highest BCUT2D eigenvalue weighted by Gasteiger charge is 2.36. The Morgan fingerprint density at radius 3 is 2.41 bits per heavy atom. The van der Waals surface area contributed by atoms with Crippen LogP contribution in [0.4, 0.5) is 0 Å². The summed E-state index contributed by atoms with van der Waals surface area (Å²) in [5.41, 5.74) is 9.97. The zero-order chi connectivity index (χ0) is 15.1. The molecule has 0 aliphatic heterocycles. The maximum absolute atomic E-state index is 6.12. The van der Waals surface area contributed by atoms with Crippen LogP contribution < -0.4 is 10.5 Å². The van der Waals surface area contributed by atoms with E-state index in [2.05, 4.69) is 48.5 Å². The summed E-state index contributed by atoms with van der Waals surface area (Å²) in [5, 5.41) is 2.51. The molecule has 2 heteroatoms. The van der Waals surface area contributed by atoms with Gasteiger partial charge in [0.25, 0.3) is 0 Å².